The maximum atomic E-state index is 13.1. The van der Waals surface area contributed by atoms with Gasteiger partial charge in [0, 0.05) is 23.0 Å². The first-order valence-corrected chi connectivity index (χ1v) is 10.2. The fourth-order valence-electron chi connectivity index (χ4n) is 2.96. The maximum absolute atomic E-state index is 13.1. The van der Waals surface area contributed by atoms with Gasteiger partial charge in [-0.15, -0.1) is 11.8 Å². The molecule has 1 aliphatic rings. The van der Waals surface area contributed by atoms with E-state index in [4.69, 9.17) is 23.2 Å². The number of benzene rings is 2. The molecule has 0 fully saturated rings. The molecular weight excluding hydrogens is 437 g/mol. The fourth-order valence-corrected chi connectivity index (χ4v) is 4.53. The van der Waals surface area contributed by atoms with Crippen LogP contribution in [0.15, 0.2) is 41.3 Å². The summed E-state index contributed by atoms with van der Waals surface area (Å²) in [5.74, 6) is -1.46. The lowest BCUT2D eigenvalue weighted by molar-refractivity contribution is -0.384. The minimum absolute atomic E-state index is 0.0594. The Hall–Kier alpha value is -2.13. The molecule has 0 saturated carbocycles. The van der Waals surface area contributed by atoms with E-state index in [9.17, 15) is 19.7 Å². The summed E-state index contributed by atoms with van der Waals surface area (Å²) < 4.78 is 0. The average Bonchev–Trinajstić information content (AvgIpc) is 2.76. The molecule has 1 atom stereocenters. The predicted molar refractivity (Wildman–Crippen MR) is 114 cm³/mol. The lowest BCUT2D eigenvalue weighted by Crippen LogP contribution is -2.41. The summed E-state index contributed by atoms with van der Waals surface area (Å²) in [6.45, 7) is 0.526. The number of ketones is 1. The van der Waals surface area contributed by atoms with Crippen LogP contribution in [0.4, 0.5) is 11.4 Å². The number of halogens is 2. The Kier molecular flexibility index (Phi) is 6.48. The van der Waals surface area contributed by atoms with Crippen molar-refractivity contribution in [2.24, 2.45) is 0 Å². The Labute approximate surface area is 181 Å². The number of anilines is 1. The minimum atomic E-state index is -0.844. The van der Waals surface area contributed by atoms with E-state index in [1.807, 2.05) is 19.0 Å². The van der Waals surface area contributed by atoms with Crippen molar-refractivity contribution in [3.05, 3.63) is 62.1 Å². The fraction of sp³-hybridized carbons (Fsp3) is 0.263. The molecular formula is C19H17Cl2N3O4S. The Balaban J connectivity index is 2.18. The summed E-state index contributed by atoms with van der Waals surface area (Å²) in [6.07, 6.45) is 0. The van der Waals surface area contributed by atoms with Crippen LogP contribution in [0, 0.1) is 10.1 Å². The third-order valence-corrected chi connectivity index (χ3v) is 6.26. The van der Waals surface area contributed by atoms with E-state index in [0.29, 0.717) is 22.0 Å². The van der Waals surface area contributed by atoms with E-state index < -0.39 is 21.9 Å². The number of hydrogen-bond acceptors (Lipinski definition) is 6. The van der Waals surface area contributed by atoms with E-state index in [1.54, 1.807) is 30.3 Å². The minimum Gasteiger partial charge on any atom is -0.308 e. The Morgan fingerprint density at radius 3 is 2.38 bits per heavy atom. The highest BCUT2D eigenvalue weighted by atomic mass is 35.5. The van der Waals surface area contributed by atoms with Gasteiger partial charge in [0.1, 0.15) is 16.0 Å². The van der Waals surface area contributed by atoms with Gasteiger partial charge in [-0.2, -0.15) is 0 Å². The molecule has 0 N–H and O–H groups in total. The van der Waals surface area contributed by atoms with Crippen molar-refractivity contribution in [1.82, 2.24) is 4.90 Å². The highest BCUT2D eigenvalue weighted by molar-refractivity contribution is 8.00. The number of nitro benzene ring substituents is 1. The Morgan fingerprint density at radius 1 is 1.14 bits per heavy atom. The van der Waals surface area contributed by atoms with E-state index in [0.717, 1.165) is 11.8 Å². The normalized spacial score (nSPS) is 16.7. The SMILES string of the molecule is CN(C)CCN1C(=O)C(=O)C(c2ccc(Cl)cc2)Sc2ccc(Cl)c([N+](=O)[O-])c21. The number of carbonyl (C=O) groups is 2. The zero-order chi connectivity index (χ0) is 21.3. The molecule has 3 rings (SSSR count). The zero-order valence-corrected chi connectivity index (χ0v) is 17.9. The zero-order valence-electron chi connectivity index (χ0n) is 15.6. The number of fused-ring (bicyclic) bond motifs is 1. The van der Waals surface area contributed by atoms with Crippen molar-refractivity contribution < 1.29 is 14.5 Å². The van der Waals surface area contributed by atoms with Gasteiger partial charge in [-0.3, -0.25) is 24.6 Å². The smallest absolute Gasteiger partial charge is 0.308 e. The van der Waals surface area contributed by atoms with Gasteiger partial charge >= 0.3 is 5.69 Å². The van der Waals surface area contributed by atoms with Crippen molar-refractivity contribution in [3.63, 3.8) is 0 Å². The Bertz CT molecular complexity index is 982. The van der Waals surface area contributed by atoms with E-state index in [1.165, 1.54) is 11.0 Å². The van der Waals surface area contributed by atoms with E-state index >= 15 is 0 Å². The second kappa shape index (κ2) is 8.71. The summed E-state index contributed by atoms with van der Waals surface area (Å²) in [7, 11) is 3.62. The van der Waals surface area contributed by atoms with E-state index in [2.05, 4.69) is 0 Å². The highest BCUT2D eigenvalue weighted by Crippen LogP contribution is 2.49. The summed E-state index contributed by atoms with van der Waals surface area (Å²) in [6, 6.07) is 9.63. The molecule has 1 unspecified atom stereocenters. The van der Waals surface area contributed by atoms with Crippen LogP contribution >= 0.6 is 35.0 Å². The lowest BCUT2D eigenvalue weighted by atomic mass is 10.1. The van der Waals surface area contributed by atoms with Crippen LogP contribution < -0.4 is 4.90 Å². The standard InChI is InChI=1S/C19H17Cl2N3O4S/c1-22(2)9-10-23-16-14(8-7-13(21)15(16)24(27)28)29-18(17(25)19(23)26)11-3-5-12(20)6-4-11/h3-8,18H,9-10H2,1-2H3. The number of nitro groups is 1. The molecule has 1 amide bonds. The van der Waals surface area contributed by atoms with Crippen molar-refractivity contribution >= 4 is 58.0 Å². The van der Waals surface area contributed by atoms with Crippen LogP contribution in [0.5, 0.6) is 0 Å². The van der Waals surface area contributed by atoms with Crippen LogP contribution in [0.2, 0.25) is 10.0 Å². The maximum Gasteiger partial charge on any atom is 0.312 e. The number of likely N-dealkylation sites (N-methyl/N-ethyl adjacent to an activating group) is 1. The van der Waals surface area contributed by atoms with Gasteiger partial charge in [-0.25, -0.2) is 0 Å². The topological polar surface area (TPSA) is 83.8 Å². The molecule has 0 bridgehead atoms. The number of nitrogens with zero attached hydrogens (tertiary/aromatic N) is 3. The number of thioether (sulfide) groups is 1. The van der Waals surface area contributed by atoms with Crippen LogP contribution in [-0.4, -0.2) is 48.7 Å². The molecule has 29 heavy (non-hydrogen) atoms. The molecule has 0 aromatic heterocycles. The molecule has 1 aliphatic heterocycles. The molecule has 0 aliphatic carbocycles. The summed E-state index contributed by atoms with van der Waals surface area (Å²) >= 11 is 13.1. The van der Waals surface area contributed by atoms with Crippen LogP contribution in [0.3, 0.4) is 0 Å². The van der Waals surface area contributed by atoms with Gasteiger partial charge < -0.3 is 4.90 Å². The largest absolute Gasteiger partial charge is 0.312 e. The van der Waals surface area contributed by atoms with Crippen molar-refractivity contribution in [3.8, 4) is 0 Å². The van der Waals surface area contributed by atoms with Crippen LogP contribution in [0.25, 0.3) is 0 Å². The molecule has 10 heteroatoms. The van der Waals surface area contributed by atoms with Crippen molar-refractivity contribution in [2.75, 3.05) is 32.1 Å². The van der Waals surface area contributed by atoms with Gasteiger partial charge in [-0.1, -0.05) is 35.3 Å². The number of amides is 1. The summed E-state index contributed by atoms with van der Waals surface area (Å²) in [5, 5.41) is 11.3. The third-order valence-electron chi connectivity index (χ3n) is 4.40. The van der Waals surface area contributed by atoms with Crippen molar-refractivity contribution in [1.29, 1.82) is 0 Å². The van der Waals surface area contributed by atoms with Crippen LogP contribution in [0.1, 0.15) is 10.8 Å². The predicted octanol–water partition coefficient (Wildman–Crippen LogP) is 4.21. The lowest BCUT2D eigenvalue weighted by Gasteiger charge is -2.23. The molecule has 152 valence electrons. The molecule has 7 nitrogen and oxygen atoms in total. The Morgan fingerprint density at radius 2 is 1.79 bits per heavy atom. The van der Waals surface area contributed by atoms with Gasteiger partial charge in [0.2, 0.25) is 5.78 Å². The number of rotatable bonds is 5. The first-order valence-electron chi connectivity index (χ1n) is 8.60. The molecule has 2 aromatic carbocycles. The van der Waals surface area contributed by atoms with Gasteiger partial charge in [-0.05, 0) is 43.9 Å². The monoisotopic (exact) mass is 453 g/mol. The first-order chi connectivity index (χ1) is 13.7. The first kappa shape index (κ1) is 21.6. The van der Waals surface area contributed by atoms with Gasteiger partial charge in [0.25, 0.3) is 5.91 Å². The quantitative estimate of drug-likeness (QED) is 0.382. The van der Waals surface area contributed by atoms with Gasteiger partial charge in [0.15, 0.2) is 0 Å². The second-order valence-electron chi connectivity index (χ2n) is 6.67. The van der Waals surface area contributed by atoms with Crippen molar-refractivity contribution in [2.45, 2.75) is 10.1 Å². The van der Waals surface area contributed by atoms with Gasteiger partial charge in [0.05, 0.1) is 4.92 Å². The summed E-state index contributed by atoms with van der Waals surface area (Å²) in [4.78, 5) is 40.7. The molecule has 1 heterocycles. The van der Waals surface area contributed by atoms with E-state index in [-0.39, 0.29) is 22.9 Å². The molecule has 2 aromatic rings. The molecule has 0 radical (unpaired) electrons. The third kappa shape index (κ3) is 4.40. The molecule has 0 saturated heterocycles. The number of hydrogen-bond donors (Lipinski definition) is 0. The number of carbonyl (C=O) groups excluding carboxylic acids is 2. The number of Topliss-reactive ketones (excluding diaryl/α,β-unsaturated/α-hetero) is 1. The molecule has 0 spiro atoms. The second-order valence-corrected chi connectivity index (χ2v) is 8.66. The summed E-state index contributed by atoms with van der Waals surface area (Å²) in [5.41, 5.74) is 0.272. The van der Waals surface area contributed by atoms with Crippen LogP contribution in [-0.2, 0) is 9.59 Å². The highest BCUT2D eigenvalue weighted by Gasteiger charge is 2.41. The average molecular weight is 454 g/mol.